The highest BCUT2D eigenvalue weighted by molar-refractivity contribution is 4.64. The molecule has 7 nitrogen and oxygen atoms in total. The Bertz CT molecular complexity index is 137. The first-order chi connectivity index (χ1) is 5.94. The molecule has 13 heavy (non-hydrogen) atoms. The topological polar surface area (TPSA) is 131 Å². The summed E-state index contributed by atoms with van der Waals surface area (Å²) in [4.78, 5) is 0. The van der Waals surface area contributed by atoms with Gasteiger partial charge in [0.15, 0.2) is 6.10 Å². The molecular formula is C6H14O7. The van der Waals surface area contributed by atoms with Gasteiger partial charge >= 0.3 is 5.97 Å². The van der Waals surface area contributed by atoms with Crippen LogP contribution in [0.5, 0.6) is 0 Å². The van der Waals surface area contributed by atoms with Crippen molar-refractivity contribution in [2.45, 2.75) is 18.2 Å². The minimum absolute atomic E-state index is 0.569. The van der Waals surface area contributed by atoms with Crippen LogP contribution in [-0.2, 0) is 4.74 Å². The Balaban J connectivity index is 3.88. The van der Waals surface area contributed by atoms with Gasteiger partial charge in [-0.05, 0) is 0 Å². The number of hydrogen-bond acceptors (Lipinski definition) is 7. The third kappa shape index (κ3) is 4.48. The van der Waals surface area contributed by atoms with E-state index in [9.17, 15) is 0 Å². The zero-order chi connectivity index (χ0) is 10.5. The van der Waals surface area contributed by atoms with Crippen LogP contribution in [0.25, 0.3) is 0 Å². The molecule has 0 aliphatic carbocycles. The van der Waals surface area contributed by atoms with Crippen LogP contribution in [0.2, 0.25) is 0 Å². The summed E-state index contributed by atoms with van der Waals surface area (Å²) in [7, 11) is 0. The van der Waals surface area contributed by atoms with Crippen LogP contribution in [0.15, 0.2) is 0 Å². The minimum atomic E-state index is -2.93. The van der Waals surface area contributed by atoms with E-state index >= 15 is 0 Å². The predicted molar refractivity (Wildman–Crippen MR) is 39.3 cm³/mol. The summed E-state index contributed by atoms with van der Waals surface area (Å²) in [5.74, 6) is -2.93. The standard InChI is InChI=1S/C6H14O7/c7-1-4(9)3-13-6(11,12)5(10)2-8/h4-5,7-12H,1-3H2. The highest BCUT2D eigenvalue weighted by Gasteiger charge is 2.34. The molecule has 0 heterocycles. The summed E-state index contributed by atoms with van der Waals surface area (Å²) >= 11 is 0. The Kier molecular flexibility index (Phi) is 5.33. The van der Waals surface area contributed by atoms with Crippen LogP contribution in [0.3, 0.4) is 0 Å². The molecule has 6 N–H and O–H groups in total. The number of aliphatic hydroxyl groups is 6. The number of rotatable bonds is 6. The van der Waals surface area contributed by atoms with Crippen LogP contribution < -0.4 is 0 Å². The molecule has 7 heteroatoms. The first-order valence-corrected chi connectivity index (χ1v) is 3.60. The maximum absolute atomic E-state index is 8.86. The molecule has 0 aromatic heterocycles. The molecule has 0 aliphatic heterocycles. The van der Waals surface area contributed by atoms with E-state index in [1.807, 2.05) is 0 Å². The Hall–Kier alpha value is -0.280. The molecule has 2 atom stereocenters. The summed E-state index contributed by atoms with van der Waals surface area (Å²) in [6.07, 6.45) is -3.16. The van der Waals surface area contributed by atoms with Gasteiger partial charge in [-0.1, -0.05) is 0 Å². The van der Waals surface area contributed by atoms with Gasteiger partial charge in [-0.3, -0.25) is 0 Å². The van der Waals surface area contributed by atoms with Crippen molar-refractivity contribution >= 4 is 0 Å². The van der Waals surface area contributed by atoms with Gasteiger partial charge in [-0.15, -0.1) is 0 Å². The van der Waals surface area contributed by atoms with Crippen molar-refractivity contribution in [3.63, 3.8) is 0 Å². The molecule has 2 unspecified atom stereocenters. The van der Waals surface area contributed by atoms with E-state index in [4.69, 9.17) is 30.6 Å². The predicted octanol–water partition coefficient (Wildman–Crippen LogP) is -3.65. The van der Waals surface area contributed by atoms with Crippen molar-refractivity contribution in [3.05, 3.63) is 0 Å². The molecule has 0 aliphatic rings. The van der Waals surface area contributed by atoms with Gasteiger partial charge in [0.2, 0.25) is 0 Å². The monoisotopic (exact) mass is 198 g/mol. The Morgan fingerprint density at radius 2 is 1.62 bits per heavy atom. The van der Waals surface area contributed by atoms with Crippen LogP contribution >= 0.6 is 0 Å². The Morgan fingerprint density at radius 1 is 1.08 bits per heavy atom. The van der Waals surface area contributed by atoms with Gasteiger partial charge in [0.25, 0.3) is 0 Å². The lowest BCUT2D eigenvalue weighted by molar-refractivity contribution is -0.383. The highest BCUT2D eigenvalue weighted by Crippen LogP contribution is 2.08. The smallest absolute Gasteiger partial charge is 0.307 e. The number of ether oxygens (including phenoxy) is 1. The number of aliphatic hydroxyl groups excluding tert-OH is 4. The van der Waals surface area contributed by atoms with E-state index in [-0.39, 0.29) is 0 Å². The van der Waals surface area contributed by atoms with Crippen LogP contribution in [-0.4, -0.2) is 68.6 Å². The lowest BCUT2D eigenvalue weighted by atomic mass is 10.3. The molecule has 0 radical (unpaired) electrons. The molecular weight excluding hydrogens is 184 g/mol. The normalized spacial score (nSPS) is 17.1. The van der Waals surface area contributed by atoms with Crippen molar-refractivity contribution in [2.24, 2.45) is 0 Å². The van der Waals surface area contributed by atoms with E-state index in [1.54, 1.807) is 0 Å². The van der Waals surface area contributed by atoms with Crippen molar-refractivity contribution < 1.29 is 35.4 Å². The zero-order valence-corrected chi connectivity index (χ0v) is 6.87. The third-order valence-electron chi connectivity index (χ3n) is 1.31. The molecule has 0 aromatic carbocycles. The fourth-order valence-corrected chi connectivity index (χ4v) is 0.487. The fraction of sp³-hybridized carbons (Fsp3) is 1.00. The van der Waals surface area contributed by atoms with Gasteiger partial charge in [-0.2, -0.15) is 0 Å². The van der Waals surface area contributed by atoms with E-state index < -0.39 is 38.0 Å². The van der Waals surface area contributed by atoms with Gasteiger partial charge in [0.05, 0.1) is 19.8 Å². The first-order valence-electron chi connectivity index (χ1n) is 3.60. The van der Waals surface area contributed by atoms with Crippen molar-refractivity contribution in [1.82, 2.24) is 0 Å². The van der Waals surface area contributed by atoms with E-state index in [0.717, 1.165) is 0 Å². The lowest BCUT2D eigenvalue weighted by Crippen LogP contribution is -2.48. The van der Waals surface area contributed by atoms with Crippen LogP contribution in [0.4, 0.5) is 0 Å². The average molecular weight is 198 g/mol. The molecule has 0 rings (SSSR count). The molecule has 0 bridgehead atoms. The molecule has 0 aromatic rings. The van der Waals surface area contributed by atoms with Gasteiger partial charge in [-0.25, -0.2) is 0 Å². The number of hydrogen-bond donors (Lipinski definition) is 6. The summed E-state index contributed by atoms with van der Waals surface area (Å²) in [6.45, 7) is -2.08. The Labute approximate surface area is 74.4 Å². The third-order valence-corrected chi connectivity index (χ3v) is 1.31. The summed E-state index contributed by atoms with van der Waals surface area (Å²) in [5, 5.41) is 51.9. The molecule has 80 valence electrons. The van der Waals surface area contributed by atoms with Crippen molar-refractivity contribution in [2.75, 3.05) is 19.8 Å². The molecule has 0 amide bonds. The lowest BCUT2D eigenvalue weighted by Gasteiger charge is -2.26. The SMILES string of the molecule is OCC(O)COC(O)(O)C(O)CO. The van der Waals surface area contributed by atoms with E-state index in [0.29, 0.717) is 0 Å². The van der Waals surface area contributed by atoms with Gasteiger partial charge < -0.3 is 35.4 Å². The highest BCUT2D eigenvalue weighted by atomic mass is 16.8. The molecule has 0 saturated carbocycles. The van der Waals surface area contributed by atoms with Gasteiger partial charge in [0.1, 0.15) is 6.10 Å². The van der Waals surface area contributed by atoms with Crippen molar-refractivity contribution in [3.8, 4) is 0 Å². The second-order valence-corrected chi connectivity index (χ2v) is 2.50. The molecule has 0 saturated heterocycles. The second-order valence-electron chi connectivity index (χ2n) is 2.50. The zero-order valence-electron chi connectivity index (χ0n) is 6.87. The quantitative estimate of drug-likeness (QED) is 0.242. The molecule has 0 spiro atoms. The van der Waals surface area contributed by atoms with E-state index in [2.05, 4.69) is 4.74 Å². The summed E-state index contributed by atoms with van der Waals surface area (Å²) < 4.78 is 4.23. The van der Waals surface area contributed by atoms with Crippen LogP contribution in [0, 0.1) is 0 Å². The second kappa shape index (κ2) is 5.45. The maximum Gasteiger partial charge on any atom is 0.307 e. The minimum Gasteiger partial charge on any atom is -0.394 e. The maximum atomic E-state index is 8.86. The van der Waals surface area contributed by atoms with Gasteiger partial charge in [0, 0.05) is 0 Å². The van der Waals surface area contributed by atoms with Crippen LogP contribution in [0.1, 0.15) is 0 Å². The summed E-state index contributed by atoms with van der Waals surface area (Å²) in [6, 6.07) is 0. The average Bonchev–Trinajstić information content (AvgIpc) is 2.12. The first kappa shape index (κ1) is 12.7. The van der Waals surface area contributed by atoms with Crippen molar-refractivity contribution in [1.29, 1.82) is 0 Å². The van der Waals surface area contributed by atoms with E-state index in [1.165, 1.54) is 0 Å². The Morgan fingerprint density at radius 3 is 2.00 bits per heavy atom. The summed E-state index contributed by atoms with van der Waals surface area (Å²) in [5.41, 5.74) is 0. The largest absolute Gasteiger partial charge is 0.394 e. The fourth-order valence-electron chi connectivity index (χ4n) is 0.487. The molecule has 0 fully saturated rings.